The van der Waals surface area contributed by atoms with Crippen molar-refractivity contribution in [1.82, 2.24) is 10.3 Å². The first-order chi connectivity index (χ1) is 10.0. The molecule has 1 atom stereocenters. The van der Waals surface area contributed by atoms with Crippen LogP contribution in [0, 0.1) is 5.92 Å². The van der Waals surface area contributed by atoms with Crippen LogP contribution in [0.2, 0.25) is 0 Å². The zero-order valence-corrected chi connectivity index (χ0v) is 12.3. The fourth-order valence-corrected chi connectivity index (χ4v) is 2.31. The van der Waals surface area contributed by atoms with E-state index < -0.39 is 5.97 Å². The number of H-pyrrole nitrogens is 1. The van der Waals surface area contributed by atoms with Crippen LogP contribution in [0.25, 0.3) is 10.9 Å². The average Bonchev–Trinajstić information content (AvgIpc) is 2.85. The Morgan fingerprint density at radius 3 is 2.71 bits per heavy atom. The van der Waals surface area contributed by atoms with Crippen molar-refractivity contribution in [2.75, 3.05) is 6.54 Å². The van der Waals surface area contributed by atoms with Crippen molar-refractivity contribution >= 4 is 22.8 Å². The van der Waals surface area contributed by atoms with Crippen molar-refractivity contribution in [2.24, 2.45) is 5.92 Å². The molecule has 21 heavy (non-hydrogen) atoms. The molecule has 0 bridgehead atoms. The minimum Gasteiger partial charge on any atom is -0.477 e. The van der Waals surface area contributed by atoms with Gasteiger partial charge in [-0.15, -0.1) is 0 Å². The molecule has 1 aromatic carbocycles. The van der Waals surface area contributed by atoms with Gasteiger partial charge in [0.25, 0.3) is 0 Å². The van der Waals surface area contributed by atoms with Gasteiger partial charge >= 0.3 is 5.97 Å². The Labute approximate surface area is 123 Å². The second-order valence-corrected chi connectivity index (χ2v) is 5.18. The smallest absolute Gasteiger partial charge is 0.352 e. The number of para-hydroxylation sites is 1. The molecule has 0 saturated carbocycles. The number of hydrogen-bond acceptors (Lipinski definition) is 2. The molecule has 2 rings (SSSR count). The number of aromatic carboxylic acids is 1. The summed E-state index contributed by atoms with van der Waals surface area (Å²) in [6.45, 7) is 4.28. The van der Waals surface area contributed by atoms with Crippen molar-refractivity contribution in [1.29, 1.82) is 0 Å². The van der Waals surface area contributed by atoms with Gasteiger partial charge < -0.3 is 15.4 Å². The predicted octanol–water partition coefficient (Wildman–Crippen LogP) is 2.57. The van der Waals surface area contributed by atoms with Gasteiger partial charge in [0.15, 0.2) is 0 Å². The van der Waals surface area contributed by atoms with E-state index in [2.05, 4.69) is 10.3 Å². The van der Waals surface area contributed by atoms with Crippen LogP contribution in [0.4, 0.5) is 0 Å². The van der Waals surface area contributed by atoms with Gasteiger partial charge in [0.1, 0.15) is 5.69 Å². The monoisotopic (exact) mass is 288 g/mol. The molecule has 0 radical (unpaired) electrons. The Balaban J connectivity index is 2.16. The summed E-state index contributed by atoms with van der Waals surface area (Å²) in [7, 11) is 0. The summed E-state index contributed by atoms with van der Waals surface area (Å²) >= 11 is 0. The summed E-state index contributed by atoms with van der Waals surface area (Å²) in [6, 6.07) is 7.48. The minimum atomic E-state index is -0.977. The molecule has 3 N–H and O–H groups in total. The number of hydrogen-bond donors (Lipinski definition) is 3. The minimum absolute atomic E-state index is 0.00853. The van der Waals surface area contributed by atoms with E-state index in [4.69, 9.17) is 0 Å². The number of aromatic amines is 1. The van der Waals surface area contributed by atoms with Crippen LogP contribution in [0.15, 0.2) is 24.3 Å². The SMILES string of the molecule is CCC(C)C(=O)NCCc1c(C(=O)O)[nH]c2ccccc12. The summed E-state index contributed by atoms with van der Waals surface area (Å²) in [4.78, 5) is 26.0. The van der Waals surface area contributed by atoms with Crippen LogP contribution in [0.5, 0.6) is 0 Å². The maximum atomic E-state index is 11.7. The molecule has 0 aliphatic carbocycles. The number of carbonyl (C=O) groups is 2. The highest BCUT2D eigenvalue weighted by Gasteiger charge is 2.17. The lowest BCUT2D eigenvalue weighted by atomic mass is 10.1. The largest absolute Gasteiger partial charge is 0.477 e. The molecule has 0 fully saturated rings. The number of benzene rings is 1. The molecule has 0 spiro atoms. The Hall–Kier alpha value is -2.30. The van der Waals surface area contributed by atoms with Crippen molar-refractivity contribution in [3.8, 4) is 0 Å². The second kappa shape index (κ2) is 6.43. The number of carboxylic acids is 1. The van der Waals surface area contributed by atoms with E-state index in [0.717, 1.165) is 22.9 Å². The highest BCUT2D eigenvalue weighted by molar-refractivity contribution is 5.97. The number of fused-ring (bicyclic) bond motifs is 1. The zero-order valence-electron chi connectivity index (χ0n) is 12.3. The lowest BCUT2D eigenvalue weighted by molar-refractivity contribution is -0.124. The molecule has 0 saturated heterocycles. The van der Waals surface area contributed by atoms with Crippen LogP contribution in [0.1, 0.15) is 36.3 Å². The van der Waals surface area contributed by atoms with Crippen molar-refractivity contribution in [2.45, 2.75) is 26.7 Å². The predicted molar refractivity (Wildman–Crippen MR) is 81.4 cm³/mol. The van der Waals surface area contributed by atoms with Crippen LogP contribution in [-0.4, -0.2) is 28.5 Å². The Bertz CT molecular complexity index is 661. The van der Waals surface area contributed by atoms with E-state index in [1.807, 2.05) is 38.1 Å². The van der Waals surface area contributed by atoms with Gasteiger partial charge in [-0.3, -0.25) is 4.79 Å². The molecule has 5 nitrogen and oxygen atoms in total. The fourth-order valence-electron chi connectivity index (χ4n) is 2.31. The van der Waals surface area contributed by atoms with Gasteiger partial charge in [0.2, 0.25) is 5.91 Å². The van der Waals surface area contributed by atoms with E-state index in [1.54, 1.807) is 0 Å². The van der Waals surface area contributed by atoms with Gasteiger partial charge in [-0.2, -0.15) is 0 Å². The van der Waals surface area contributed by atoms with Gasteiger partial charge in [-0.05, 0) is 24.5 Å². The van der Waals surface area contributed by atoms with E-state index >= 15 is 0 Å². The Morgan fingerprint density at radius 2 is 2.05 bits per heavy atom. The quantitative estimate of drug-likeness (QED) is 0.764. The van der Waals surface area contributed by atoms with E-state index in [9.17, 15) is 14.7 Å². The molecule has 1 heterocycles. The van der Waals surface area contributed by atoms with E-state index in [1.165, 1.54) is 0 Å². The number of carboxylic acid groups (broad SMARTS) is 1. The van der Waals surface area contributed by atoms with Gasteiger partial charge in [-0.25, -0.2) is 4.79 Å². The normalized spacial score (nSPS) is 12.3. The molecular formula is C16H20N2O3. The Morgan fingerprint density at radius 1 is 1.33 bits per heavy atom. The topological polar surface area (TPSA) is 82.2 Å². The molecule has 2 aromatic rings. The summed E-state index contributed by atoms with van der Waals surface area (Å²) in [5.74, 6) is -0.990. The third-order valence-electron chi connectivity index (χ3n) is 3.76. The number of amides is 1. The fraction of sp³-hybridized carbons (Fsp3) is 0.375. The summed E-state index contributed by atoms with van der Waals surface area (Å²) in [5, 5.41) is 13.0. The number of aromatic nitrogens is 1. The third kappa shape index (κ3) is 3.24. The molecule has 5 heteroatoms. The molecule has 1 unspecified atom stereocenters. The zero-order chi connectivity index (χ0) is 15.4. The summed E-state index contributed by atoms with van der Waals surface area (Å²) < 4.78 is 0. The molecule has 0 aliphatic heterocycles. The van der Waals surface area contributed by atoms with Crippen molar-refractivity contribution < 1.29 is 14.7 Å². The standard InChI is InChI=1S/C16H20N2O3/c1-3-10(2)15(19)17-9-8-12-11-6-4-5-7-13(11)18-14(12)16(20)21/h4-7,10,18H,3,8-9H2,1-2H3,(H,17,19)(H,20,21). The molecule has 0 aliphatic rings. The molecular weight excluding hydrogens is 268 g/mol. The average molecular weight is 288 g/mol. The number of carbonyl (C=O) groups excluding carboxylic acids is 1. The first-order valence-electron chi connectivity index (χ1n) is 7.15. The van der Waals surface area contributed by atoms with Crippen molar-refractivity contribution in [3.05, 3.63) is 35.5 Å². The Kier molecular flexibility index (Phi) is 4.62. The van der Waals surface area contributed by atoms with Gasteiger partial charge in [0.05, 0.1) is 0 Å². The number of rotatable bonds is 6. The molecule has 1 amide bonds. The first kappa shape index (κ1) is 15.1. The van der Waals surface area contributed by atoms with E-state index in [0.29, 0.717) is 13.0 Å². The van der Waals surface area contributed by atoms with Crippen LogP contribution >= 0.6 is 0 Å². The van der Waals surface area contributed by atoms with Crippen molar-refractivity contribution in [3.63, 3.8) is 0 Å². The highest BCUT2D eigenvalue weighted by atomic mass is 16.4. The lowest BCUT2D eigenvalue weighted by Crippen LogP contribution is -2.30. The summed E-state index contributed by atoms with van der Waals surface area (Å²) in [6.07, 6.45) is 1.28. The first-order valence-corrected chi connectivity index (χ1v) is 7.15. The third-order valence-corrected chi connectivity index (χ3v) is 3.76. The van der Waals surface area contributed by atoms with Gasteiger partial charge in [-0.1, -0.05) is 32.0 Å². The maximum Gasteiger partial charge on any atom is 0.352 e. The van der Waals surface area contributed by atoms with Gasteiger partial charge in [0, 0.05) is 23.4 Å². The van der Waals surface area contributed by atoms with Crippen LogP contribution in [0.3, 0.4) is 0 Å². The number of nitrogens with one attached hydrogen (secondary N) is 2. The lowest BCUT2D eigenvalue weighted by Gasteiger charge is -2.10. The van der Waals surface area contributed by atoms with Crippen LogP contribution < -0.4 is 5.32 Å². The molecule has 112 valence electrons. The summed E-state index contributed by atoms with van der Waals surface area (Å²) in [5.41, 5.74) is 1.75. The van der Waals surface area contributed by atoms with E-state index in [-0.39, 0.29) is 17.5 Å². The maximum absolute atomic E-state index is 11.7. The molecule has 1 aromatic heterocycles. The highest BCUT2D eigenvalue weighted by Crippen LogP contribution is 2.22. The van der Waals surface area contributed by atoms with Crippen LogP contribution in [-0.2, 0) is 11.2 Å². The second-order valence-electron chi connectivity index (χ2n) is 5.18.